The minimum absolute atomic E-state index is 0.201. The molecule has 0 spiro atoms. The van der Waals surface area contributed by atoms with E-state index in [-0.39, 0.29) is 12.2 Å². The summed E-state index contributed by atoms with van der Waals surface area (Å²) in [6.45, 7) is 1.95. The minimum Gasteiger partial charge on any atom is -0.463 e. The molecule has 9 heteroatoms. The van der Waals surface area contributed by atoms with Crippen molar-refractivity contribution >= 4 is 40.8 Å². The summed E-state index contributed by atoms with van der Waals surface area (Å²) in [6.07, 6.45) is 3.27. The number of benzene rings is 2. The molecule has 1 atom stereocenters. The average molecular weight is 531 g/mol. The molecule has 1 unspecified atom stereocenters. The van der Waals surface area contributed by atoms with Gasteiger partial charge in [0.2, 0.25) is 0 Å². The molecule has 1 aliphatic heterocycles. The highest BCUT2D eigenvalue weighted by Gasteiger charge is 2.38. The molecule has 0 bridgehead atoms. The van der Waals surface area contributed by atoms with Crippen LogP contribution in [0.15, 0.2) is 94.6 Å². The first kappa shape index (κ1) is 24.8. The van der Waals surface area contributed by atoms with Gasteiger partial charge in [0.25, 0.3) is 5.56 Å². The van der Waals surface area contributed by atoms with Crippen LogP contribution in [0.5, 0.6) is 0 Å². The van der Waals surface area contributed by atoms with E-state index in [4.69, 9.17) is 21.3 Å². The van der Waals surface area contributed by atoms with Crippen molar-refractivity contribution in [2.24, 2.45) is 0 Å². The molecule has 3 heterocycles. The van der Waals surface area contributed by atoms with Crippen LogP contribution < -0.4 is 10.9 Å². The van der Waals surface area contributed by atoms with Gasteiger partial charge in [-0.15, -0.1) is 0 Å². The third-order valence-electron chi connectivity index (χ3n) is 5.94. The van der Waals surface area contributed by atoms with Crippen LogP contribution in [-0.2, 0) is 15.3 Å². The number of carbonyl (C=O) groups excluding carboxylic acids is 1. The molecule has 5 rings (SSSR count). The highest BCUT2D eigenvalue weighted by atomic mass is 35.5. The molecule has 0 radical (unpaired) electrons. The number of fused-ring (bicyclic) bond motifs is 1. The number of halogens is 1. The Balaban J connectivity index is 1.65. The SMILES string of the molecule is CCOC(=O)C1=C(c2ccccc2)Nc2nc(SCc3ccccc3Cl)[nH]c(=O)c2C1c1ccncc1. The number of rotatable bonds is 7. The number of nitrogens with zero attached hydrogens (tertiary/aromatic N) is 2. The summed E-state index contributed by atoms with van der Waals surface area (Å²) in [7, 11) is 0. The Bertz CT molecular complexity index is 1520. The van der Waals surface area contributed by atoms with Crippen LogP contribution in [0.1, 0.15) is 35.1 Å². The molecule has 186 valence electrons. The predicted octanol–water partition coefficient (Wildman–Crippen LogP) is 5.64. The van der Waals surface area contributed by atoms with Crippen LogP contribution in [0.3, 0.4) is 0 Å². The maximum absolute atomic E-state index is 13.6. The third kappa shape index (κ3) is 5.16. The number of anilines is 1. The van der Waals surface area contributed by atoms with Crippen molar-refractivity contribution in [3.05, 3.63) is 122 Å². The second kappa shape index (κ2) is 11.0. The van der Waals surface area contributed by atoms with E-state index >= 15 is 0 Å². The molecule has 0 saturated heterocycles. The van der Waals surface area contributed by atoms with Crippen molar-refractivity contribution in [2.75, 3.05) is 11.9 Å². The Morgan fingerprint density at radius 2 is 1.78 bits per heavy atom. The summed E-state index contributed by atoms with van der Waals surface area (Å²) < 4.78 is 5.46. The number of aromatic amines is 1. The van der Waals surface area contributed by atoms with E-state index in [1.165, 1.54) is 11.8 Å². The molecule has 2 aromatic carbocycles. The molecule has 37 heavy (non-hydrogen) atoms. The van der Waals surface area contributed by atoms with Crippen LogP contribution in [0.25, 0.3) is 5.70 Å². The quantitative estimate of drug-likeness (QED) is 0.181. The molecule has 1 aliphatic rings. The van der Waals surface area contributed by atoms with Gasteiger partial charge in [0.1, 0.15) is 5.82 Å². The Morgan fingerprint density at radius 1 is 1.05 bits per heavy atom. The number of hydrogen-bond acceptors (Lipinski definition) is 7. The summed E-state index contributed by atoms with van der Waals surface area (Å²) >= 11 is 7.68. The number of nitrogens with one attached hydrogen (secondary N) is 2. The molecule has 2 aromatic heterocycles. The molecular weight excluding hydrogens is 508 g/mol. The van der Waals surface area contributed by atoms with Crippen molar-refractivity contribution in [3.63, 3.8) is 0 Å². The fourth-order valence-electron chi connectivity index (χ4n) is 4.28. The zero-order valence-electron chi connectivity index (χ0n) is 19.9. The number of esters is 1. The average Bonchev–Trinajstić information content (AvgIpc) is 2.92. The van der Waals surface area contributed by atoms with Gasteiger partial charge < -0.3 is 15.0 Å². The number of pyridine rings is 1. The maximum Gasteiger partial charge on any atom is 0.337 e. The summed E-state index contributed by atoms with van der Waals surface area (Å²) in [4.78, 5) is 38.7. The number of thioether (sulfide) groups is 1. The van der Waals surface area contributed by atoms with Gasteiger partial charge in [-0.3, -0.25) is 9.78 Å². The minimum atomic E-state index is -0.702. The zero-order valence-corrected chi connectivity index (χ0v) is 21.5. The first-order valence-electron chi connectivity index (χ1n) is 11.7. The maximum atomic E-state index is 13.6. The van der Waals surface area contributed by atoms with Crippen LogP contribution in [0.2, 0.25) is 5.02 Å². The zero-order chi connectivity index (χ0) is 25.8. The van der Waals surface area contributed by atoms with Crippen LogP contribution in [0, 0.1) is 0 Å². The van der Waals surface area contributed by atoms with Gasteiger partial charge in [-0.25, -0.2) is 9.78 Å². The smallest absolute Gasteiger partial charge is 0.337 e. The lowest BCUT2D eigenvalue weighted by Crippen LogP contribution is -2.31. The van der Waals surface area contributed by atoms with E-state index in [1.807, 2.05) is 54.6 Å². The number of ether oxygens (including phenoxy) is 1. The Labute approximate surface area is 223 Å². The van der Waals surface area contributed by atoms with Crippen LogP contribution >= 0.6 is 23.4 Å². The summed E-state index contributed by atoms with van der Waals surface area (Å²) in [6, 6.07) is 20.6. The van der Waals surface area contributed by atoms with Gasteiger partial charge in [-0.05, 0) is 41.8 Å². The van der Waals surface area contributed by atoms with Gasteiger partial charge in [0.15, 0.2) is 5.16 Å². The molecule has 0 fully saturated rings. The van der Waals surface area contributed by atoms with Crippen molar-refractivity contribution in [1.82, 2.24) is 15.0 Å². The van der Waals surface area contributed by atoms with E-state index in [2.05, 4.69) is 15.3 Å². The third-order valence-corrected chi connectivity index (χ3v) is 7.23. The Morgan fingerprint density at radius 3 is 2.51 bits per heavy atom. The largest absolute Gasteiger partial charge is 0.463 e. The monoisotopic (exact) mass is 530 g/mol. The normalized spacial score (nSPS) is 14.6. The summed E-state index contributed by atoms with van der Waals surface area (Å²) in [5.41, 5.74) is 3.35. The number of carbonyl (C=O) groups is 1. The second-order valence-corrected chi connectivity index (χ2v) is 9.60. The molecule has 7 nitrogen and oxygen atoms in total. The van der Waals surface area contributed by atoms with Gasteiger partial charge >= 0.3 is 5.97 Å². The fourth-order valence-corrected chi connectivity index (χ4v) is 5.43. The predicted molar refractivity (Wildman–Crippen MR) is 146 cm³/mol. The van der Waals surface area contributed by atoms with Gasteiger partial charge in [-0.2, -0.15) is 0 Å². The topological polar surface area (TPSA) is 97.0 Å². The standard InChI is InChI=1S/C28H23ClN4O3S/c1-2-36-27(35)22-21(17-12-14-30-15-13-17)23-25(31-24(22)18-8-4-3-5-9-18)32-28(33-26(23)34)37-16-19-10-6-7-11-20(19)29/h3-15,21H,2,16H2,1H3,(H2,31,32,33,34). The molecule has 0 amide bonds. The van der Waals surface area contributed by atoms with E-state index in [0.717, 1.165) is 16.7 Å². The number of H-pyrrole nitrogens is 1. The molecular formula is C28H23ClN4O3S. The molecule has 4 aromatic rings. The van der Waals surface area contributed by atoms with Gasteiger partial charge in [0.05, 0.1) is 29.4 Å². The Hall–Kier alpha value is -3.88. The number of hydrogen-bond donors (Lipinski definition) is 2. The molecule has 2 N–H and O–H groups in total. The first-order chi connectivity index (χ1) is 18.1. The second-order valence-electron chi connectivity index (χ2n) is 8.23. The fraction of sp³-hybridized carbons (Fsp3) is 0.143. The lowest BCUT2D eigenvalue weighted by molar-refractivity contribution is -0.138. The van der Waals surface area contributed by atoms with Crippen LogP contribution in [0.4, 0.5) is 5.82 Å². The molecule has 0 aliphatic carbocycles. The highest BCUT2D eigenvalue weighted by Crippen LogP contribution is 2.43. The van der Waals surface area contributed by atoms with Crippen molar-refractivity contribution in [1.29, 1.82) is 0 Å². The summed E-state index contributed by atoms with van der Waals surface area (Å²) in [5, 5.41) is 4.38. The highest BCUT2D eigenvalue weighted by molar-refractivity contribution is 7.98. The summed E-state index contributed by atoms with van der Waals surface area (Å²) in [5.74, 6) is -0.283. The Kier molecular flexibility index (Phi) is 7.39. The van der Waals surface area contributed by atoms with Gasteiger partial charge in [-0.1, -0.05) is 71.9 Å². The molecule has 0 saturated carbocycles. The van der Waals surface area contributed by atoms with E-state index in [1.54, 1.807) is 31.5 Å². The van der Waals surface area contributed by atoms with E-state index in [9.17, 15) is 9.59 Å². The van der Waals surface area contributed by atoms with Crippen molar-refractivity contribution < 1.29 is 9.53 Å². The van der Waals surface area contributed by atoms with E-state index < -0.39 is 11.9 Å². The van der Waals surface area contributed by atoms with Gasteiger partial charge in [0, 0.05) is 23.2 Å². The number of aromatic nitrogens is 3. The van der Waals surface area contributed by atoms with E-state index in [0.29, 0.717) is 38.6 Å². The first-order valence-corrected chi connectivity index (χ1v) is 13.1. The lowest BCUT2D eigenvalue weighted by atomic mass is 9.81. The van der Waals surface area contributed by atoms with Crippen molar-refractivity contribution in [2.45, 2.75) is 23.8 Å². The van der Waals surface area contributed by atoms with Crippen LogP contribution in [-0.4, -0.2) is 27.5 Å². The van der Waals surface area contributed by atoms with Crippen molar-refractivity contribution in [3.8, 4) is 0 Å². The lowest BCUT2D eigenvalue weighted by Gasteiger charge is -2.30.